The van der Waals surface area contributed by atoms with Crippen molar-refractivity contribution in [3.8, 4) is 0 Å². The fourth-order valence-electron chi connectivity index (χ4n) is 2.62. The molecule has 0 aliphatic heterocycles. The van der Waals surface area contributed by atoms with Gasteiger partial charge in [-0.15, -0.1) is 0 Å². The fraction of sp³-hybridized carbons (Fsp3) is 0.714. The summed E-state index contributed by atoms with van der Waals surface area (Å²) in [4.78, 5) is 23.3. The Morgan fingerprint density at radius 1 is 1.40 bits per heavy atom. The Bertz CT molecular complexity index is 513. The van der Waals surface area contributed by atoms with E-state index in [0.29, 0.717) is 0 Å². The molecule has 1 amide bonds. The number of thiazole rings is 1. The van der Waals surface area contributed by atoms with Crippen molar-refractivity contribution in [1.82, 2.24) is 9.88 Å². The Morgan fingerprint density at radius 3 is 2.60 bits per heavy atom. The third kappa shape index (κ3) is 3.93. The highest BCUT2D eigenvalue weighted by Gasteiger charge is 2.28. The number of aryl methyl sites for hydroxylation is 1. The number of carbonyl (C=O) groups excluding carboxylic acids is 1. The van der Waals surface area contributed by atoms with Crippen LogP contribution < -0.4 is 10.2 Å². The van der Waals surface area contributed by atoms with E-state index in [9.17, 15) is 14.7 Å². The lowest BCUT2D eigenvalue weighted by Crippen LogP contribution is -2.44. The first-order valence-corrected chi connectivity index (χ1v) is 8.02. The summed E-state index contributed by atoms with van der Waals surface area (Å²) in [6.45, 7) is 2.12. The van der Waals surface area contributed by atoms with Crippen LogP contribution in [0.2, 0.25) is 0 Å². The number of carbonyl (C=O) groups is 1. The number of nitrogens with zero attached hydrogens (tertiary/aromatic N) is 1. The molecular formula is C14H22N2O3S. The average molecular weight is 298 g/mol. The highest BCUT2D eigenvalue weighted by Crippen LogP contribution is 2.26. The molecule has 0 aromatic carbocycles. The second kappa shape index (κ2) is 6.54. The van der Waals surface area contributed by atoms with Gasteiger partial charge in [0.25, 0.3) is 0 Å². The molecule has 1 saturated carbocycles. The van der Waals surface area contributed by atoms with Crippen LogP contribution in [-0.4, -0.2) is 27.7 Å². The van der Waals surface area contributed by atoms with E-state index in [-0.39, 0.29) is 23.9 Å². The van der Waals surface area contributed by atoms with Gasteiger partial charge in [0.05, 0.1) is 5.60 Å². The first kappa shape index (κ1) is 15.3. The lowest BCUT2D eigenvalue weighted by Gasteiger charge is -2.26. The number of aliphatic hydroxyl groups is 1. The zero-order chi connectivity index (χ0) is 14.6. The number of nitrogens with one attached hydrogen (secondary N) is 1. The van der Waals surface area contributed by atoms with Crippen LogP contribution in [0, 0.1) is 6.92 Å². The lowest BCUT2D eigenvalue weighted by molar-refractivity contribution is -0.123. The summed E-state index contributed by atoms with van der Waals surface area (Å²) >= 11 is 1.10. The summed E-state index contributed by atoms with van der Waals surface area (Å²) in [6, 6.07) is 0. The van der Waals surface area contributed by atoms with Crippen LogP contribution in [-0.2, 0) is 11.3 Å². The molecule has 1 heterocycles. The molecule has 5 nitrogen and oxygen atoms in total. The van der Waals surface area contributed by atoms with E-state index >= 15 is 0 Å². The number of hydrogen-bond acceptors (Lipinski definition) is 4. The molecule has 2 N–H and O–H groups in total. The molecule has 0 bridgehead atoms. The first-order chi connectivity index (χ1) is 9.50. The van der Waals surface area contributed by atoms with Crippen LogP contribution in [0.15, 0.2) is 10.2 Å². The minimum atomic E-state index is -0.777. The van der Waals surface area contributed by atoms with Gasteiger partial charge in [-0.2, -0.15) is 0 Å². The van der Waals surface area contributed by atoms with Crippen molar-refractivity contribution < 1.29 is 9.90 Å². The zero-order valence-corrected chi connectivity index (χ0v) is 12.7. The maximum Gasteiger partial charge on any atom is 0.307 e. The van der Waals surface area contributed by atoms with Crippen molar-refractivity contribution in [2.45, 2.75) is 57.6 Å². The fourth-order valence-corrected chi connectivity index (χ4v) is 3.36. The molecule has 6 heteroatoms. The normalized spacial score (nSPS) is 18.5. The number of aromatic nitrogens is 1. The summed E-state index contributed by atoms with van der Waals surface area (Å²) in [5.41, 5.74) is 0.0178. The van der Waals surface area contributed by atoms with Crippen LogP contribution in [0.5, 0.6) is 0 Å². The molecule has 0 atom stereocenters. The molecule has 0 unspecified atom stereocenters. The summed E-state index contributed by atoms with van der Waals surface area (Å²) in [5, 5.41) is 15.0. The molecular weight excluding hydrogens is 276 g/mol. The predicted octanol–water partition coefficient (Wildman–Crippen LogP) is 1.42. The van der Waals surface area contributed by atoms with Gasteiger partial charge in [0, 0.05) is 17.6 Å². The average Bonchev–Trinajstić information content (AvgIpc) is 2.63. The van der Waals surface area contributed by atoms with E-state index in [1.54, 1.807) is 5.38 Å². The van der Waals surface area contributed by atoms with Crippen molar-refractivity contribution in [2.75, 3.05) is 6.54 Å². The van der Waals surface area contributed by atoms with Gasteiger partial charge in [-0.25, -0.2) is 0 Å². The highest BCUT2D eigenvalue weighted by molar-refractivity contribution is 7.07. The third-order valence-electron chi connectivity index (χ3n) is 3.93. The Hall–Kier alpha value is -1.14. The van der Waals surface area contributed by atoms with Crippen molar-refractivity contribution in [2.24, 2.45) is 0 Å². The second-order valence-electron chi connectivity index (χ2n) is 5.64. The van der Waals surface area contributed by atoms with Crippen LogP contribution in [0.1, 0.15) is 44.2 Å². The Labute approximate surface area is 122 Å². The lowest BCUT2D eigenvalue weighted by atomic mass is 9.94. The van der Waals surface area contributed by atoms with E-state index in [1.807, 2.05) is 6.92 Å². The molecule has 1 aromatic heterocycles. The standard InChI is InChI=1S/C14H22N2O3S/c1-11-9-20-13(18)16(11)8-12(17)15-10-14(19)6-4-2-3-5-7-14/h9,19H,2-8,10H2,1H3,(H,15,17). The minimum Gasteiger partial charge on any atom is -0.388 e. The summed E-state index contributed by atoms with van der Waals surface area (Å²) < 4.78 is 1.46. The van der Waals surface area contributed by atoms with E-state index in [2.05, 4.69) is 5.32 Å². The van der Waals surface area contributed by atoms with Gasteiger partial charge in [-0.1, -0.05) is 37.0 Å². The first-order valence-electron chi connectivity index (χ1n) is 7.14. The summed E-state index contributed by atoms with van der Waals surface area (Å²) in [6.07, 6.45) is 5.81. The molecule has 1 aromatic rings. The smallest absolute Gasteiger partial charge is 0.307 e. The molecule has 0 spiro atoms. The Balaban J connectivity index is 1.87. The van der Waals surface area contributed by atoms with Crippen LogP contribution in [0.3, 0.4) is 0 Å². The number of amides is 1. The monoisotopic (exact) mass is 298 g/mol. The molecule has 0 saturated heterocycles. The van der Waals surface area contributed by atoms with Gasteiger partial charge in [0.1, 0.15) is 6.54 Å². The quantitative estimate of drug-likeness (QED) is 0.826. The SMILES string of the molecule is Cc1csc(=O)n1CC(=O)NCC1(O)CCCCCC1. The van der Waals surface area contributed by atoms with E-state index < -0.39 is 5.60 Å². The van der Waals surface area contributed by atoms with Gasteiger partial charge in [0.2, 0.25) is 5.91 Å². The maximum atomic E-state index is 11.9. The van der Waals surface area contributed by atoms with Crippen LogP contribution in [0.4, 0.5) is 0 Å². The largest absolute Gasteiger partial charge is 0.388 e. The molecule has 20 heavy (non-hydrogen) atoms. The maximum absolute atomic E-state index is 11.9. The molecule has 2 rings (SSSR count). The number of rotatable bonds is 4. The van der Waals surface area contributed by atoms with Crippen molar-refractivity contribution in [1.29, 1.82) is 0 Å². The summed E-state index contributed by atoms with van der Waals surface area (Å²) in [7, 11) is 0. The van der Waals surface area contributed by atoms with E-state index in [0.717, 1.165) is 55.6 Å². The zero-order valence-electron chi connectivity index (χ0n) is 11.9. The molecule has 112 valence electrons. The predicted molar refractivity (Wildman–Crippen MR) is 79.0 cm³/mol. The van der Waals surface area contributed by atoms with Gasteiger partial charge in [-0.3, -0.25) is 14.2 Å². The Morgan fingerprint density at radius 2 is 2.05 bits per heavy atom. The minimum absolute atomic E-state index is 0.0320. The molecule has 1 aliphatic carbocycles. The number of hydrogen-bond donors (Lipinski definition) is 2. The van der Waals surface area contributed by atoms with Crippen molar-refractivity contribution in [3.05, 3.63) is 20.7 Å². The van der Waals surface area contributed by atoms with Crippen LogP contribution >= 0.6 is 11.3 Å². The van der Waals surface area contributed by atoms with Gasteiger partial charge in [-0.05, 0) is 19.8 Å². The van der Waals surface area contributed by atoms with E-state index in [1.165, 1.54) is 4.57 Å². The highest BCUT2D eigenvalue weighted by atomic mass is 32.1. The van der Waals surface area contributed by atoms with Gasteiger partial charge < -0.3 is 10.4 Å². The van der Waals surface area contributed by atoms with Crippen molar-refractivity contribution >= 4 is 17.2 Å². The van der Waals surface area contributed by atoms with Gasteiger partial charge in [0.15, 0.2) is 0 Å². The second-order valence-corrected chi connectivity index (χ2v) is 6.47. The molecule has 1 aliphatic rings. The van der Waals surface area contributed by atoms with Crippen molar-refractivity contribution in [3.63, 3.8) is 0 Å². The summed E-state index contributed by atoms with van der Waals surface area (Å²) in [5.74, 6) is -0.216. The van der Waals surface area contributed by atoms with Gasteiger partial charge >= 0.3 is 4.87 Å². The molecule has 1 fully saturated rings. The van der Waals surface area contributed by atoms with E-state index in [4.69, 9.17) is 0 Å². The molecule has 0 radical (unpaired) electrons. The topological polar surface area (TPSA) is 71.3 Å². The Kier molecular flexibility index (Phi) is 4.99. The third-order valence-corrected chi connectivity index (χ3v) is 4.81. The van der Waals surface area contributed by atoms with Crippen LogP contribution in [0.25, 0.3) is 0 Å².